The maximum Gasteiger partial charge on any atom is 0.337 e. The Morgan fingerprint density at radius 3 is 2.60 bits per heavy atom. The van der Waals surface area contributed by atoms with Crippen molar-refractivity contribution in [2.24, 2.45) is 0 Å². The lowest BCUT2D eigenvalue weighted by Crippen LogP contribution is -2.37. The van der Waals surface area contributed by atoms with Crippen LogP contribution in [0.4, 0.5) is 11.4 Å². The summed E-state index contributed by atoms with van der Waals surface area (Å²) >= 11 is 0. The van der Waals surface area contributed by atoms with Gasteiger partial charge in [-0.2, -0.15) is 0 Å². The molecule has 0 saturated carbocycles. The van der Waals surface area contributed by atoms with Gasteiger partial charge in [-0.15, -0.1) is 0 Å². The molecule has 0 spiro atoms. The minimum Gasteiger partial charge on any atom is -0.478 e. The maximum atomic E-state index is 12.1. The molecule has 0 radical (unpaired) electrons. The molecule has 1 heterocycles. The van der Waals surface area contributed by atoms with Crippen LogP contribution < -0.4 is 10.6 Å². The van der Waals surface area contributed by atoms with E-state index in [-0.39, 0.29) is 18.0 Å². The number of nitrogens with zero attached hydrogens (tertiary/aromatic N) is 2. The summed E-state index contributed by atoms with van der Waals surface area (Å²) in [6, 6.07) is 4.59. The number of carbonyl (C=O) groups excluding carboxylic acids is 1. The Balaban J connectivity index is 2.15. The molecule has 0 aromatic heterocycles. The highest BCUT2D eigenvalue weighted by molar-refractivity contribution is 5.96. The van der Waals surface area contributed by atoms with Crippen LogP contribution >= 0.6 is 0 Å². The number of aromatic carboxylic acids is 1. The van der Waals surface area contributed by atoms with Crippen LogP contribution in [0.5, 0.6) is 0 Å². The molecule has 108 valence electrons. The molecule has 1 fully saturated rings. The average molecular weight is 277 g/mol. The predicted molar refractivity (Wildman–Crippen MR) is 76.9 cm³/mol. The largest absolute Gasteiger partial charge is 0.478 e. The van der Waals surface area contributed by atoms with Gasteiger partial charge in [-0.25, -0.2) is 4.79 Å². The van der Waals surface area contributed by atoms with Crippen molar-refractivity contribution in [2.75, 3.05) is 37.3 Å². The summed E-state index contributed by atoms with van der Waals surface area (Å²) in [5, 5.41) is 9.19. The third-order valence-electron chi connectivity index (χ3n) is 3.49. The molecule has 0 atom stereocenters. The van der Waals surface area contributed by atoms with Crippen molar-refractivity contribution in [3.8, 4) is 0 Å². The van der Waals surface area contributed by atoms with Crippen LogP contribution in [0, 0.1) is 0 Å². The second-order valence-corrected chi connectivity index (χ2v) is 5.03. The van der Waals surface area contributed by atoms with Crippen LogP contribution in [-0.4, -0.2) is 48.6 Å². The zero-order valence-corrected chi connectivity index (χ0v) is 11.5. The third kappa shape index (κ3) is 3.01. The molecule has 2 rings (SSSR count). The molecular formula is C14H19N3O3. The van der Waals surface area contributed by atoms with Gasteiger partial charge in [-0.05, 0) is 31.0 Å². The molecule has 0 unspecified atom stereocenters. The molecular weight excluding hydrogens is 258 g/mol. The van der Waals surface area contributed by atoms with Crippen LogP contribution in [-0.2, 0) is 4.79 Å². The molecule has 0 aliphatic carbocycles. The lowest BCUT2D eigenvalue weighted by Gasteiger charge is -2.24. The van der Waals surface area contributed by atoms with Gasteiger partial charge in [0.1, 0.15) is 0 Å². The molecule has 0 bridgehead atoms. The minimum atomic E-state index is -1.03. The molecule has 6 nitrogen and oxygen atoms in total. The summed E-state index contributed by atoms with van der Waals surface area (Å²) in [6.07, 6.45) is 2.07. The monoisotopic (exact) mass is 277 g/mol. The average Bonchev–Trinajstić information content (AvgIpc) is 2.92. The molecule has 1 amide bonds. The molecule has 20 heavy (non-hydrogen) atoms. The Morgan fingerprint density at radius 2 is 2.00 bits per heavy atom. The van der Waals surface area contributed by atoms with Gasteiger partial charge in [-0.3, -0.25) is 4.79 Å². The van der Waals surface area contributed by atoms with E-state index in [2.05, 4.69) is 0 Å². The number of nitrogen functional groups attached to an aromatic ring is 1. The summed E-state index contributed by atoms with van der Waals surface area (Å²) in [6.45, 7) is 1.73. The van der Waals surface area contributed by atoms with Gasteiger partial charge in [0.15, 0.2) is 0 Å². The first-order valence-corrected chi connectivity index (χ1v) is 6.61. The number of likely N-dealkylation sites (tertiary alicyclic amines) is 1. The van der Waals surface area contributed by atoms with Gasteiger partial charge in [-0.1, -0.05) is 0 Å². The van der Waals surface area contributed by atoms with E-state index in [1.165, 1.54) is 6.07 Å². The fourth-order valence-electron chi connectivity index (χ4n) is 2.40. The lowest BCUT2D eigenvalue weighted by molar-refractivity contribution is -0.128. The highest BCUT2D eigenvalue weighted by Crippen LogP contribution is 2.23. The van der Waals surface area contributed by atoms with E-state index < -0.39 is 5.97 Å². The van der Waals surface area contributed by atoms with E-state index in [0.29, 0.717) is 11.4 Å². The number of rotatable bonds is 4. The van der Waals surface area contributed by atoms with Crippen molar-refractivity contribution in [1.82, 2.24) is 4.90 Å². The van der Waals surface area contributed by atoms with Gasteiger partial charge in [0.05, 0.1) is 17.8 Å². The van der Waals surface area contributed by atoms with Gasteiger partial charge >= 0.3 is 5.97 Å². The van der Waals surface area contributed by atoms with E-state index in [9.17, 15) is 14.7 Å². The highest BCUT2D eigenvalue weighted by atomic mass is 16.4. The topological polar surface area (TPSA) is 86.9 Å². The number of hydrogen-bond donors (Lipinski definition) is 2. The summed E-state index contributed by atoms with van der Waals surface area (Å²) in [5.74, 6) is -1.01. The first-order chi connectivity index (χ1) is 9.49. The minimum absolute atomic E-state index is 0.0174. The van der Waals surface area contributed by atoms with Crippen LogP contribution in [0.15, 0.2) is 18.2 Å². The number of benzene rings is 1. The normalized spacial score (nSPS) is 14.3. The second-order valence-electron chi connectivity index (χ2n) is 5.03. The molecule has 1 aliphatic rings. The molecule has 6 heteroatoms. The van der Waals surface area contributed by atoms with Gasteiger partial charge in [0, 0.05) is 25.8 Å². The molecule has 1 aromatic carbocycles. The summed E-state index contributed by atoms with van der Waals surface area (Å²) in [4.78, 5) is 26.8. The number of hydrogen-bond acceptors (Lipinski definition) is 4. The molecule has 3 N–H and O–H groups in total. The van der Waals surface area contributed by atoms with Crippen molar-refractivity contribution in [3.63, 3.8) is 0 Å². The van der Waals surface area contributed by atoms with Crippen LogP contribution in [0.2, 0.25) is 0 Å². The zero-order valence-electron chi connectivity index (χ0n) is 11.5. The maximum absolute atomic E-state index is 12.1. The number of amides is 1. The Bertz CT molecular complexity index is 524. The van der Waals surface area contributed by atoms with Crippen molar-refractivity contribution in [1.29, 1.82) is 0 Å². The Kier molecular flexibility index (Phi) is 4.12. The van der Waals surface area contributed by atoms with Gasteiger partial charge in [0.2, 0.25) is 5.91 Å². The molecule has 1 aromatic rings. The van der Waals surface area contributed by atoms with Gasteiger partial charge in [0.25, 0.3) is 0 Å². The third-order valence-corrected chi connectivity index (χ3v) is 3.49. The first-order valence-electron chi connectivity index (χ1n) is 6.61. The lowest BCUT2D eigenvalue weighted by atomic mass is 10.1. The fraction of sp³-hybridized carbons (Fsp3) is 0.429. The number of carboxylic acids is 1. The first kappa shape index (κ1) is 14.2. The second kappa shape index (κ2) is 5.81. The van der Waals surface area contributed by atoms with E-state index in [4.69, 9.17) is 5.73 Å². The summed E-state index contributed by atoms with van der Waals surface area (Å²) < 4.78 is 0. The van der Waals surface area contributed by atoms with E-state index >= 15 is 0 Å². The van der Waals surface area contributed by atoms with Crippen LogP contribution in [0.1, 0.15) is 23.2 Å². The smallest absolute Gasteiger partial charge is 0.337 e. The number of carboxylic acid groups (broad SMARTS) is 1. The quantitative estimate of drug-likeness (QED) is 0.803. The molecule has 1 aliphatic heterocycles. The number of likely N-dealkylation sites (N-methyl/N-ethyl adjacent to an activating group) is 1. The predicted octanol–water partition coefficient (Wildman–Crippen LogP) is 1.03. The SMILES string of the molecule is CN(CC(=O)N1CCCC1)c1cc(N)ccc1C(=O)O. The van der Waals surface area contributed by atoms with E-state index in [1.807, 2.05) is 4.90 Å². The number of carbonyl (C=O) groups is 2. The van der Waals surface area contributed by atoms with Crippen LogP contribution in [0.3, 0.4) is 0 Å². The highest BCUT2D eigenvalue weighted by Gasteiger charge is 2.21. The fourth-order valence-corrected chi connectivity index (χ4v) is 2.40. The summed E-state index contributed by atoms with van der Waals surface area (Å²) in [7, 11) is 1.70. The zero-order chi connectivity index (χ0) is 14.7. The number of nitrogens with two attached hydrogens (primary N) is 1. The Hall–Kier alpha value is -2.24. The van der Waals surface area contributed by atoms with Crippen molar-refractivity contribution >= 4 is 23.3 Å². The Morgan fingerprint density at radius 1 is 1.35 bits per heavy atom. The molecule has 1 saturated heterocycles. The van der Waals surface area contributed by atoms with Crippen molar-refractivity contribution in [3.05, 3.63) is 23.8 Å². The van der Waals surface area contributed by atoms with Crippen LogP contribution in [0.25, 0.3) is 0 Å². The van der Waals surface area contributed by atoms with Crippen molar-refractivity contribution in [2.45, 2.75) is 12.8 Å². The Labute approximate surface area is 117 Å². The van der Waals surface area contributed by atoms with E-state index in [0.717, 1.165) is 25.9 Å². The number of anilines is 2. The van der Waals surface area contributed by atoms with Gasteiger partial charge < -0.3 is 20.6 Å². The van der Waals surface area contributed by atoms with Crippen molar-refractivity contribution < 1.29 is 14.7 Å². The standard InChI is InChI=1S/C14H19N3O3/c1-16(9-13(18)17-6-2-3-7-17)12-8-10(15)4-5-11(12)14(19)20/h4-5,8H,2-3,6-7,9,15H2,1H3,(H,19,20). The van der Waals surface area contributed by atoms with E-state index in [1.54, 1.807) is 24.1 Å². The summed E-state index contributed by atoms with van der Waals surface area (Å²) in [5.41, 5.74) is 6.79.